The summed E-state index contributed by atoms with van der Waals surface area (Å²) < 4.78 is 14.7. The fraction of sp³-hybridized carbons (Fsp3) is 0.417. The van der Waals surface area contributed by atoms with Crippen molar-refractivity contribution in [2.24, 2.45) is 5.73 Å². The molecule has 2 rings (SSSR count). The fourth-order valence-corrected chi connectivity index (χ4v) is 2.69. The number of nitrogens with zero attached hydrogens (tertiary/aromatic N) is 1. The molecule has 0 aromatic heterocycles. The number of carbonyl (C=O) groups excluding carboxylic acids is 1. The summed E-state index contributed by atoms with van der Waals surface area (Å²) in [5.74, 6) is -0.589. The number of benzene rings is 1. The van der Waals surface area contributed by atoms with Gasteiger partial charge in [-0.05, 0) is 31.0 Å². The van der Waals surface area contributed by atoms with Gasteiger partial charge in [-0.25, -0.2) is 4.39 Å². The monoisotopic (exact) mass is 300 g/mol. The van der Waals surface area contributed by atoms with Crippen LogP contribution < -0.4 is 5.73 Å². The number of hydrogen-bond donors (Lipinski definition) is 1. The van der Waals surface area contributed by atoms with Crippen LogP contribution in [0.15, 0.2) is 16.6 Å². The first-order valence-electron chi connectivity index (χ1n) is 5.50. The van der Waals surface area contributed by atoms with E-state index in [1.54, 1.807) is 13.0 Å². The Kier molecular flexibility index (Phi) is 3.49. The van der Waals surface area contributed by atoms with Gasteiger partial charge >= 0.3 is 0 Å². The highest BCUT2D eigenvalue weighted by Gasteiger charge is 2.26. The van der Waals surface area contributed by atoms with Crippen LogP contribution in [0, 0.1) is 5.82 Å². The molecule has 1 aromatic carbocycles. The Hall–Kier alpha value is -0.940. The van der Waals surface area contributed by atoms with E-state index in [-0.39, 0.29) is 17.8 Å². The highest BCUT2D eigenvalue weighted by molar-refractivity contribution is 9.10. The Bertz CT molecular complexity index is 464. The average Bonchev–Trinajstić information content (AvgIpc) is 2.32. The zero-order chi connectivity index (χ0) is 12.6. The normalized spacial score (nSPS) is 17.6. The molecule has 1 heterocycles. The number of fused-ring (bicyclic) bond motifs is 1. The van der Waals surface area contributed by atoms with Gasteiger partial charge in [0.15, 0.2) is 0 Å². The first kappa shape index (κ1) is 12.5. The molecule has 17 heavy (non-hydrogen) atoms. The van der Waals surface area contributed by atoms with Gasteiger partial charge in [-0.3, -0.25) is 9.69 Å². The fourth-order valence-electron chi connectivity index (χ4n) is 2.13. The van der Waals surface area contributed by atoms with E-state index in [2.05, 4.69) is 15.9 Å². The van der Waals surface area contributed by atoms with Crippen molar-refractivity contribution in [3.05, 3.63) is 33.5 Å². The lowest BCUT2D eigenvalue weighted by atomic mass is 9.98. The summed E-state index contributed by atoms with van der Waals surface area (Å²) in [4.78, 5) is 13.0. The first-order chi connectivity index (χ1) is 8.00. The summed E-state index contributed by atoms with van der Waals surface area (Å²) >= 11 is 3.43. The van der Waals surface area contributed by atoms with Crippen LogP contribution in [0.4, 0.5) is 4.39 Å². The molecular formula is C12H14BrFN2O. The zero-order valence-corrected chi connectivity index (χ0v) is 11.1. The standard InChI is InChI=1S/C12H14BrFN2O/c1-7(12(15)17)16-5-4-8-9(6-16)11(14)3-2-10(8)13/h2-3,7H,4-6H2,1H3,(H2,15,17). The molecular weight excluding hydrogens is 287 g/mol. The number of carbonyl (C=O) groups is 1. The van der Waals surface area contributed by atoms with Gasteiger partial charge in [0, 0.05) is 23.1 Å². The van der Waals surface area contributed by atoms with Crippen LogP contribution in [0.5, 0.6) is 0 Å². The molecule has 3 nitrogen and oxygen atoms in total. The van der Waals surface area contributed by atoms with E-state index in [0.29, 0.717) is 12.1 Å². The van der Waals surface area contributed by atoms with E-state index in [4.69, 9.17) is 5.73 Å². The molecule has 0 bridgehead atoms. The third-order valence-electron chi connectivity index (χ3n) is 3.29. The quantitative estimate of drug-likeness (QED) is 0.905. The Morgan fingerprint density at radius 3 is 2.88 bits per heavy atom. The minimum atomic E-state index is -0.371. The SMILES string of the molecule is CC(C(N)=O)N1CCc2c(Br)ccc(F)c2C1. The highest BCUT2D eigenvalue weighted by Crippen LogP contribution is 2.29. The minimum Gasteiger partial charge on any atom is -0.368 e. The molecule has 2 N–H and O–H groups in total. The van der Waals surface area contributed by atoms with Gasteiger partial charge in [-0.1, -0.05) is 15.9 Å². The highest BCUT2D eigenvalue weighted by atomic mass is 79.9. The Labute approximate surface area is 108 Å². The van der Waals surface area contributed by atoms with Crippen LogP contribution in [-0.4, -0.2) is 23.4 Å². The van der Waals surface area contributed by atoms with Crippen LogP contribution in [0.3, 0.4) is 0 Å². The van der Waals surface area contributed by atoms with Crippen LogP contribution in [0.25, 0.3) is 0 Å². The van der Waals surface area contributed by atoms with Crippen molar-refractivity contribution in [1.29, 1.82) is 0 Å². The van der Waals surface area contributed by atoms with Crippen LogP contribution >= 0.6 is 15.9 Å². The molecule has 0 saturated heterocycles. The molecule has 1 atom stereocenters. The van der Waals surface area contributed by atoms with E-state index in [1.807, 2.05) is 4.90 Å². The first-order valence-corrected chi connectivity index (χ1v) is 6.29. The molecule has 0 aliphatic carbocycles. The maximum Gasteiger partial charge on any atom is 0.234 e. The summed E-state index contributed by atoms with van der Waals surface area (Å²) in [6.07, 6.45) is 0.727. The van der Waals surface area contributed by atoms with Crippen molar-refractivity contribution in [3.63, 3.8) is 0 Å². The summed E-state index contributed by atoms with van der Waals surface area (Å²) in [7, 11) is 0. The van der Waals surface area contributed by atoms with Crippen molar-refractivity contribution in [1.82, 2.24) is 4.90 Å². The largest absolute Gasteiger partial charge is 0.368 e. The van der Waals surface area contributed by atoms with E-state index >= 15 is 0 Å². The topological polar surface area (TPSA) is 46.3 Å². The van der Waals surface area contributed by atoms with Gasteiger partial charge < -0.3 is 5.73 Å². The second-order valence-electron chi connectivity index (χ2n) is 4.29. The van der Waals surface area contributed by atoms with Crippen molar-refractivity contribution in [3.8, 4) is 0 Å². The van der Waals surface area contributed by atoms with E-state index in [0.717, 1.165) is 23.0 Å². The Morgan fingerprint density at radius 1 is 1.53 bits per heavy atom. The predicted octanol–water partition coefficient (Wildman–Crippen LogP) is 1.82. The van der Waals surface area contributed by atoms with Gasteiger partial charge in [0.1, 0.15) is 5.82 Å². The van der Waals surface area contributed by atoms with E-state index in [1.165, 1.54) is 6.07 Å². The van der Waals surface area contributed by atoms with Crippen LogP contribution in [0.1, 0.15) is 18.1 Å². The number of amides is 1. The average molecular weight is 301 g/mol. The Balaban J connectivity index is 2.30. The Morgan fingerprint density at radius 2 is 2.24 bits per heavy atom. The molecule has 1 aliphatic rings. The maximum absolute atomic E-state index is 13.7. The van der Waals surface area contributed by atoms with Gasteiger partial charge in [-0.15, -0.1) is 0 Å². The molecule has 0 spiro atoms. The number of rotatable bonds is 2. The lowest BCUT2D eigenvalue weighted by Crippen LogP contribution is -2.45. The summed E-state index contributed by atoms with van der Waals surface area (Å²) in [5.41, 5.74) is 6.93. The van der Waals surface area contributed by atoms with Crippen LogP contribution in [0.2, 0.25) is 0 Å². The molecule has 5 heteroatoms. The molecule has 0 saturated carbocycles. The second kappa shape index (κ2) is 4.74. The van der Waals surface area contributed by atoms with E-state index < -0.39 is 0 Å². The number of hydrogen-bond acceptors (Lipinski definition) is 2. The molecule has 0 fully saturated rings. The maximum atomic E-state index is 13.7. The molecule has 1 unspecified atom stereocenters. The summed E-state index contributed by atoms with van der Waals surface area (Å²) in [5, 5.41) is 0. The smallest absolute Gasteiger partial charge is 0.234 e. The lowest BCUT2D eigenvalue weighted by molar-refractivity contribution is -0.123. The van der Waals surface area contributed by atoms with Crippen LogP contribution in [-0.2, 0) is 17.8 Å². The predicted molar refractivity (Wildman–Crippen MR) is 66.9 cm³/mol. The van der Waals surface area contributed by atoms with Crippen molar-refractivity contribution in [2.45, 2.75) is 25.9 Å². The molecule has 92 valence electrons. The van der Waals surface area contributed by atoms with Gasteiger partial charge in [-0.2, -0.15) is 0 Å². The molecule has 1 aliphatic heterocycles. The summed E-state index contributed by atoms with van der Waals surface area (Å²) in [6, 6.07) is 2.81. The second-order valence-corrected chi connectivity index (χ2v) is 5.14. The number of nitrogens with two attached hydrogens (primary N) is 1. The van der Waals surface area contributed by atoms with Gasteiger partial charge in [0.2, 0.25) is 5.91 Å². The van der Waals surface area contributed by atoms with E-state index in [9.17, 15) is 9.18 Å². The molecule has 1 aromatic rings. The van der Waals surface area contributed by atoms with Crippen molar-refractivity contribution < 1.29 is 9.18 Å². The summed E-state index contributed by atoms with van der Waals surface area (Å²) in [6.45, 7) is 2.91. The zero-order valence-electron chi connectivity index (χ0n) is 9.54. The van der Waals surface area contributed by atoms with Crippen molar-refractivity contribution in [2.75, 3.05) is 6.54 Å². The number of primary amides is 1. The third kappa shape index (κ3) is 2.35. The number of halogens is 2. The minimum absolute atomic E-state index is 0.218. The van der Waals surface area contributed by atoms with Gasteiger partial charge in [0.05, 0.1) is 6.04 Å². The molecule has 0 radical (unpaired) electrons. The third-order valence-corrected chi connectivity index (χ3v) is 4.03. The van der Waals surface area contributed by atoms with Gasteiger partial charge in [0.25, 0.3) is 0 Å². The molecule has 1 amide bonds. The van der Waals surface area contributed by atoms with Crippen molar-refractivity contribution >= 4 is 21.8 Å². The lowest BCUT2D eigenvalue weighted by Gasteiger charge is -2.32.